The van der Waals surface area contributed by atoms with Gasteiger partial charge in [0, 0.05) is 13.1 Å². The average molecular weight is 322 g/mol. The summed E-state index contributed by atoms with van der Waals surface area (Å²) >= 11 is 0. The highest BCUT2D eigenvalue weighted by Crippen LogP contribution is 2.20. The molecule has 0 aromatic heterocycles. The quantitative estimate of drug-likeness (QED) is 0.930. The zero-order valence-electron chi connectivity index (χ0n) is 12.9. The van der Waals surface area contributed by atoms with Crippen LogP contribution in [0, 0.1) is 11.8 Å². The molecule has 1 saturated heterocycles. The zero-order valence-corrected chi connectivity index (χ0v) is 13.7. The van der Waals surface area contributed by atoms with Gasteiger partial charge in [-0.3, -0.25) is 0 Å². The molecule has 0 saturated carbocycles. The summed E-state index contributed by atoms with van der Waals surface area (Å²) in [7, 11) is -3.79. The van der Waals surface area contributed by atoms with Gasteiger partial charge in [0.05, 0.1) is 5.41 Å². The first-order valence-electron chi connectivity index (χ1n) is 7.40. The number of likely N-dealkylation sites (tertiary alicyclic amines) is 1. The minimum atomic E-state index is -3.79. The third-order valence-corrected chi connectivity index (χ3v) is 4.58. The Kier molecular flexibility index (Phi) is 5.24. The van der Waals surface area contributed by atoms with Crippen LogP contribution in [0.2, 0.25) is 0 Å². The molecule has 22 heavy (non-hydrogen) atoms. The molecule has 1 heterocycles. The fourth-order valence-electron chi connectivity index (χ4n) is 2.78. The van der Waals surface area contributed by atoms with Crippen LogP contribution in [0.5, 0.6) is 0 Å². The van der Waals surface area contributed by atoms with Crippen molar-refractivity contribution in [3.05, 3.63) is 41.3 Å². The van der Waals surface area contributed by atoms with Gasteiger partial charge >= 0.3 is 6.03 Å². The van der Waals surface area contributed by atoms with Gasteiger partial charge in [0.15, 0.2) is 0 Å². The maximum atomic E-state index is 12.1. The number of rotatable bonds is 3. The highest BCUT2D eigenvalue weighted by atomic mass is 32.2. The Bertz CT molecular complexity index is 631. The molecule has 1 aliphatic rings. The van der Waals surface area contributed by atoms with Gasteiger partial charge in [-0.2, -0.15) is 0 Å². The third-order valence-electron chi connectivity index (χ3n) is 3.62. The van der Waals surface area contributed by atoms with Crippen LogP contribution >= 0.6 is 0 Å². The van der Waals surface area contributed by atoms with Crippen molar-refractivity contribution in [2.24, 2.45) is 11.8 Å². The second-order valence-electron chi connectivity index (χ2n) is 6.02. The Labute approximate surface area is 132 Å². The van der Waals surface area contributed by atoms with Crippen LogP contribution in [-0.2, 0) is 10.0 Å². The Balaban J connectivity index is 1.99. The van der Waals surface area contributed by atoms with E-state index in [1.54, 1.807) is 17.0 Å². The number of carbonyl (C=O) groups excluding carboxylic acids is 1. The maximum absolute atomic E-state index is 12.1. The van der Waals surface area contributed by atoms with E-state index in [0.29, 0.717) is 24.9 Å². The maximum Gasteiger partial charge on any atom is 0.331 e. The second kappa shape index (κ2) is 6.96. The molecule has 1 aliphatic heterocycles. The third kappa shape index (κ3) is 4.87. The van der Waals surface area contributed by atoms with Crippen LogP contribution in [-0.4, -0.2) is 32.4 Å². The van der Waals surface area contributed by atoms with Gasteiger partial charge in [-0.25, -0.2) is 17.9 Å². The summed E-state index contributed by atoms with van der Waals surface area (Å²) in [4.78, 5) is 13.7. The molecular formula is C16H22N2O3S. The number of hydrogen-bond donors (Lipinski definition) is 1. The lowest BCUT2D eigenvalue weighted by Gasteiger charge is -2.34. The number of nitrogens with zero attached hydrogens (tertiary/aromatic N) is 1. The van der Waals surface area contributed by atoms with Crippen LogP contribution in [0.4, 0.5) is 4.79 Å². The van der Waals surface area contributed by atoms with Gasteiger partial charge in [-0.05, 0) is 29.9 Å². The average Bonchev–Trinajstić information content (AvgIpc) is 2.45. The molecule has 5 nitrogen and oxygen atoms in total. The summed E-state index contributed by atoms with van der Waals surface area (Å²) < 4.78 is 26.1. The van der Waals surface area contributed by atoms with E-state index in [1.807, 2.05) is 18.2 Å². The summed E-state index contributed by atoms with van der Waals surface area (Å²) in [6, 6.07) is 8.54. The minimum absolute atomic E-state index is 0.386. The highest BCUT2D eigenvalue weighted by molar-refractivity contribution is 7.93. The largest absolute Gasteiger partial charge is 0.331 e. The molecule has 2 atom stereocenters. The van der Waals surface area contributed by atoms with E-state index in [2.05, 4.69) is 18.6 Å². The van der Waals surface area contributed by atoms with E-state index < -0.39 is 16.1 Å². The lowest BCUT2D eigenvalue weighted by Crippen LogP contribution is -2.48. The molecule has 2 amide bonds. The fraction of sp³-hybridized carbons (Fsp3) is 0.438. The zero-order chi connectivity index (χ0) is 16.2. The molecule has 6 heteroatoms. The molecule has 0 aliphatic carbocycles. The van der Waals surface area contributed by atoms with Crippen molar-refractivity contribution in [3.8, 4) is 0 Å². The standard InChI is InChI=1S/C16H22N2O3S/c1-13-10-14(2)12-18(11-13)16(19)17-22(20,21)9-8-15-6-4-3-5-7-15/h3-9,13-14H,10-12H2,1-2H3,(H,17,19). The molecular weight excluding hydrogens is 300 g/mol. The number of piperidine rings is 1. The van der Waals surface area contributed by atoms with Crippen molar-refractivity contribution in [3.63, 3.8) is 0 Å². The van der Waals surface area contributed by atoms with Gasteiger partial charge in [0.1, 0.15) is 0 Å². The summed E-state index contributed by atoms with van der Waals surface area (Å²) in [6.45, 7) is 5.32. The van der Waals surface area contributed by atoms with E-state index >= 15 is 0 Å². The predicted octanol–water partition coefficient (Wildman–Crippen LogP) is 2.67. The molecule has 120 valence electrons. The number of hydrogen-bond acceptors (Lipinski definition) is 3. The molecule has 2 unspecified atom stereocenters. The van der Waals surface area contributed by atoms with Crippen molar-refractivity contribution < 1.29 is 13.2 Å². The summed E-state index contributed by atoms with van der Waals surface area (Å²) in [6.07, 6.45) is 2.53. The number of carbonyl (C=O) groups is 1. The molecule has 0 bridgehead atoms. The van der Waals surface area contributed by atoms with Crippen LogP contribution in [0.1, 0.15) is 25.8 Å². The van der Waals surface area contributed by atoms with Gasteiger partial charge in [0.25, 0.3) is 10.0 Å². The van der Waals surface area contributed by atoms with E-state index in [0.717, 1.165) is 17.4 Å². The van der Waals surface area contributed by atoms with Crippen LogP contribution in [0.15, 0.2) is 35.7 Å². The SMILES string of the molecule is CC1CC(C)CN(C(=O)NS(=O)(=O)C=Cc2ccccc2)C1. The predicted molar refractivity (Wildman–Crippen MR) is 87.4 cm³/mol. The van der Waals surface area contributed by atoms with Gasteiger partial charge in [-0.15, -0.1) is 0 Å². The Morgan fingerprint density at radius 2 is 1.77 bits per heavy atom. The first-order chi connectivity index (χ1) is 10.4. The lowest BCUT2D eigenvalue weighted by atomic mass is 9.92. The summed E-state index contributed by atoms with van der Waals surface area (Å²) in [5, 5.41) is 1.02. The monoisotopic (exact) mass is 322 g/mol. The van der Waals surface area contributed by atoms with E-state index in [4.69, 9.17) is 0 Å². The Morgan fingerprint density at radius 3 is 2.36 bits per heavy atom. The smallest absolute Gasteiger partial charge is 0.323 e. The van der Waals surface area contributed by atoms with Gasteiger partial charge in [0.2, 0.25) is 0 Å². The topological polar surface area (TPSA) is 66.5 Å². The molecule has 2 rings (SSSR count). The van der Waals surface area contributed by atoms with Crippen LogP contribution in [0.25, 0.3) is 6.08 Å². The number of urea groups is 1. The fourth-order valence-corrected chi connectivity index (χ4v) is 3.56. The van der Waals surface area contributed by atoms with Crippen molar-refractivity contribution >= 4 is 22.1 Å². The van der Waals surface area contributed by atoms with Crippen molar-refractivity contribution in [1.82, 2.24) is 9.62 Å². The molecule has 1 fully saturated rings. The Hall–Kier alpha value is -1.82. The van der Waals surface area contributed by atoms with E-state index in [-0.39, 0.29) is 0 Å². The first-order valence-corrected chi connectivity index (χ1v) is 8.95. The molecule has 1 aromatic rings. The second-order valence-corrected chi connectivity index (χ2v) is 7.58. The lowest BCUT2D eigenvalue weighted by molar-refractivity contribution is 0.150. The van der Waals surface area contributed by atoms with E-state index in [9.17, 15) is 13.2 Å². The molecule has 1 aromatic carbocycles. The van der Waals surface area contributed by atoms with Crippen LogP contribution < -0.4 is 4.72 Å². The summed E-state index contributed by atoms with van der Waals surface area (Å²) in [5.41, 5.74) is 0.764. The van der Waals surface area contributed by atoms with E-state index in [1.165, 1.54) is 6.08 Å². The minimum Gasteiger partial charge on any atom is -0.323 e. The highest BCUT2D eigenvalue weighted by Gasteiger charge is 2.27. The molecule has 0 spiro atoms. The first kappa shape index (κ1) is 16.5. The van der Waals surface area contributed by atoms with Crippen molar-refractivity contribution in [1.29, 1.82) is 0 Å². The molecule has 1 N–H and O–H groups in total. The van der Waals surface area contributed by atoms with Crippen LogP contribution in [0.3, 0.4) is 0 Å². The van der Waals surface area contributed by atoms with Crippen molar-refractivity contribution in [2.45, 2.75) is 20.3 Å². The number of nitrogens with one attached hydrogen (secondary N) is 1. The normalized spacial score (nSPS) is 22.7. The van der Waals surface area contributed by atoms with Crippen molar-refractivity contribution in [2.75, 3.05) is 13.1 Å². The number of amides is 2. The summed E-state index contributed by atoms with van der Waals surface area (Å²) in [5.74, 6) is 0.772. The van der Waals surface area contributed by atoms with Gasteiger partial charge < -0.3 is 4.90 Å². The number of sulfonamides is 1. The Morgan fingerprint density at radius 1 is 1.18 bits per heavy atom. The number of benzene rings is 1. The van der Waals surface area contributed by atoms with Gasteiger partial charge in [-0.1, -0.05) is 44.2 Å². The molecule has 0 radical (unpaired) electrons.